The Kier molecular flexibility index (Phi) is 5.21. The number of furan rings is 1. The molecule has 176 valence electrons. The molecule has 3 heterocycles. The molecule has 1 amide bonds. The summed E-state index contributed by atoms with van der Waals surface area (Å²) in [4.78, 5) is 13.0. The van der Waals surface area contributed by atoms with Gasteiger partial charge in [-0.15, -0.1) is 0 Å². The van der Waals surface area contributed by atoms with E-state index in [1.54, 1.807) is 6.07 Å². The predicted octanol–water partition coefficient (Wildman–Crippen LogP) is 5.64. The molecule has 0 unspecified atom stereocenters. The van der Waals surface area contributed by atoms with Gasteiger partial charge in [-0.1, -0.05) is 49.6 Å². The lowest BCUT2D eigenvalue weighted by atomic mass is 9.74. The van der Waals surface area contributed by atoms with Crippen LogP contribution in [0.1, 0.15) is 59.3 Å². The first-order valence-electron chi connectivity index (χ1n) is 12.1. The van der Waals surface area contributed by atoms with Crippen LogP contribution in [0.2, 0.25) is 5.02 Å². The van der Waals surface area contributed by atoms with Gasteiger partial charge in [0.15, 0.2) is 5.76 Å². The van der Waals surface area contributed by atoms with Gasteiger partial charge in [-0.25, -0.2) is 0 Å². The normalized spacial score (nSPS) is 18.1. The van der Waals surface area contributed by atoms with Crippen molar-refractivity contribution < 1.29 is 13.9 Å². The number of nitrogens with one attached hydrogen (secondary N) is 3. The number of ether oxygens (including phenoxy) is 1. The first-order chi connectivity index (χ1) is 16.5. The summed E-state index contributed by atoms with van der Waals surface area (Å²) in [6, 6.07) is 9.91. The number of hydrogen-bond acceptors (Lipinski definition) is 5. The van der Waals surface area contributed by atoms with Crippen LogP contribution >= 0.6 is 11.6 Å². The van der Waals surface area contributed by atoms with Crippen molar-refractivity contribution in [2.45, 2.75) is 50.5 Å². The molecule has 0 bridgehead atoms. The maximum Gasteiger partial charge on any atom is 0.287 e. The summed E-state index contributed by atoms with van der Waals surface area (Å²) in [6.45, 7) is 5.39. The smallest absolute Gasteiger partial charge is 0.287 e. The van der Waals surface area contributed by atoms with E-state index in [1.165, 1.54) is 17.5 Å². The monoisotopic (exact) mass is 477 g/mol. The molecule has 2 aromatic carbocycles. The van der Waals surface area contributed by atoms with Gasteiger partial charge in [-0.05, 0) is 48.6 Å². The Morgan fingerprint density at radius 1 is 1.18 bits per heavy atom. The number of halogens is 1. The van der Waals surface area contributed by atoms with E-state index < -0.39 is 0 Å². The van der Waals surface area contributed by atoms with Crippen LogP contribution in [0, 0.1) is 0 Å². The maximum atomic E-state index is 13.0. The minimum Gasteiger partial charge on any atom is -0.493 e. The molecule has 3 aliphatic rings. The lowest BCUT2D eigenvalue weighted by Crippen LogP contribution is -2.48. The van der Waals surface area contributed by atoms with Crippen LogP contribution in [-0.2, 0) is 18.4 Å². The van der Waals surface area contributed by atoms with Gasteiger partial charge in [0.05, 0.1) is 28.7 Å². The second-order valence-electron chi connectivity index (χ2n) is 9.56. The molecule has 3 N–H and O–H groups in total. The van der Waals surface area contributed by atoms with Gasteiger partial charge < -0.3 is 25.1 Å². The molecule has 6 rings (SSSR count). The Morgan fingerprint density at radius 3 is 2.88 bits per heavy atom. The van der Waals surface area contributed by atoms with Crippen LogP contribution in [0.25, 0.3) is 11.0 Å². The Bertz CT molecular complexity index is 1310. The Labute approximate surface area is 203 Å². The largest absolute Gasteiger partial charge is 0.493 e. The van der Waals surface area contributed by atoms with Gasteiger partial charge in [-0.2, -0.15) is 0 Å². The van der Waals surface area contributed by atoms with Crippen molar-refractivity contribution in [2.24, 2.45) is 0 Å². The molecule has 0 radical (unpaired) electrons. The van der Waals surface area contributed by atoms with Gasteiger partial charge in [0.1, 0.15) is 11.3 Å². The van der Waals surface area contributed by atoms with Crippen molar-refractivity contribution in [1.29, 1.82) is 0 Å². The topological polar surface area (TPSA) is 75.5 Å². The van der Waals surface area contributed by atoms with Gasteiger partial charge in [-0.3, -0.25) is 4.79 Å². The van der Waals surface area contributed by atoms with Crippen molar-refractivity contribution in [2.75, 3.05) is 18.5 Å². The van der Waals surface area contributed by atoms with E-state index in [0.717, 1.165) is 78.9 Å². The Morgan fingerprint density at radius 2 is 2.03 bits per heavy atom. The van der Waals surface area contributed by atoms with E-state index in [-0.39, 0.29) is 11.4 Å². The molecule has 1 aliphatic carbocycles. The second-order valence-corrected chi connectivity index (χ2v) is 9.96. The Balaban J connectivity index is 1.26. The van der Waals surface area contributed by atoms with Crippen LogP contribution in [0.5, 0.6) is 5.75 Å². The van der Waals surface area contributed by atoms with Crippen molar-refractivity contribution in [3.8, 4) is 5.75 Å². The highest BCUT2D eigenvalue weighted by Gasteiger charge is 2.42. The summed E-state index contributed by atoms with van der Waals surface area (Å²) >= 11 is 6.69. The van der Waals surface area contributed by atoms with Gasteiger partial charge in [0, 0.05) is 23.9 Å². The highest BCUT2D eigenvalue weighted by atomic mass is 35.5. The Hall–Kier alpha value is -3.12. The number of carbonyl (C=O) groups excluding carboxylic acids is 1. The number of carbonyl (C=O) groups is 1. The van der Waals surface area contributed by atoms with Gasteiger partial charge in [0.2, 0.25) is 0 Å². The molecular weight excluding hydrogens is 450 g/mol. The zero-order valence-corrected chi connectivity index (χ0v) is 19.8. The van der Waals surface area contributed by atoms with E-state index in [1.807, 2.05) is 12.1 Å². The highest BCUT2D eigenvalue weighted by Crippen LogP contribution is 2.49. The van der Waals surface area contributed by atoms with Crippen molar-refractivity contribution in [1.82, 2.24) is 10.6 Å². The number of benzene rings is 2. The van der Waals surface area contributed by atoms with E-state index in [9.17, 15) is 4.79 Å². The second kappa shape index (κ2) is 8.27. The summed E-state index contributed by atoms with van der Waals surface area (Å²) in [5.74, 6) is 1.81. The average Bonchev–Trinajstić information content (AvgIpc) is 3.46. The zero-order chi connectivity index (χ0) is 23.3. The standard InChI is InChI=1S/C27H28ClN3O3/c1-16-30-24-20(28)14-19-15-22(34-25(19)23(24)27(31-16)9-3-2-4-10-27)26(32)29-11-7-17-5-6-21-18(13-17)8-12-33-21/h5-6,13-15,30-31H,1-4,7-12H2,(H,29,32). The molecule has 2 aliphatic heterocycles. The third-order valence-corrected chi connectivity index (χ3v) is 7.59. The fourth-order valence-electron chi connectivity index (χ4n) is 5.71. The molecule has 1 saturated carbocycles. The molecule has 6 nitrogen and oxygen atoms in total. The minimum atomic E-state index is -0.276. The van der Waals surface area contributed by atoms with Crippen molar-refractivity contribution >= 4 is 34.2 Å². The van der Waals surface area contributed by atoms with Crippen LogP contribution in [0.3, 0.4) is 0 Å². The summed E-state index contributed by atoms with van der Waals surface area (Å²) in [6.07, 6.45) is 7.10. The molecule has 0 saturated heterocycles. The van der Waals surface area contributed by atoms with E-state index >= 15 is 0 Å². The molecular formula is C27H28ClN3O3. The number of anilines is 1. The lowest BCUT2D eigenvalue weighted by Gasteiger charge is -2.44. The predicted molar refractivity (Wildman–Crippen MR) is 134 cm³/mol. The van der Waals surface area contributed by atoms with Crippen molar-refractivity contribution in [3.05, 3.63) is 70.2 Å². The van der Waals surface area contributed by atoms with Crippen LogP contribution in [0.4, 0.5) is 5.69 Å². The summed E-state index contributed by atoms with van der Waals surface area (Å²) < 4.78 is 11.8. The fraction of sp³-hybridized carbons (Fsp3) is 0.370. The van der Waals surface area contributed by atoms with Crippen LogP contribution in [0.15, 0.2) is 47.1 Å². The maximum absolute atomic E-state index is 13.0. The quantitative estimate of drug-likeness (QED) is 0.453. The molecule has 7 heteroatoms. The first kappa shape index (κ1) is 21.4. The number of rotatable bonds is 4. The van der Waals surface area contributed by atoms with Gasteiger partial charge >= 0.3 is 0 Å². The highest BCUT2D eigenvalue weighted by molar-refractivity contribution is 6.34. The van der Waals surface area contributed by atoms with E-state index in [2.05, 4.69) is 34.7 Å². The number of hydrogen-bond donors (Lipinski definition) is 3. The number of fused-ring (bicyclic) bond motifs is 5. The average molecular weight is 478 g/mol. The van der Waals surface area contributed by atoms with E-state index in [0.29, 0.717) is 17.3 Å². The summed E-state index contributed by atoms with van der Waals surface area (Å²) in [7, 11) is 0. The van der Waals surface area contributed by atoms with Crippen LogP contribution in [-0.4, -0.2) is 19.1 Å². The summed E-state index contributed by atoms with van der Waals surface area (Å²) in [5, 5.41) is 11.3. The first-order valence-corrected chi connectivity index (χ1v) is 12.4. The van der Waals surface area contributed by atoms with Crippen molar-refractivity contribution in [3.63, 3.8) is 0 Å². The lowest BCUT2D eigenvalue weighted by molar-refractivity contribution is 0.0928. The minimum absolute atomic E-state index is 0.218. The summed E-state index contributed by atoms with van der Waals surface area (Å²) in [5.41, 5.74) is 4.72. The van der Waals surface area contributed by atoms with Gasteiger partial charge in [0.25, 0.3) is 5.91 Å². The third kappa shape index (κ3) is 3.61. The SMILES string of the molecule is C=C1Nc2c(Cl)cc3cc(C(=O)NCCc4ccc5c(c4)CCO5)oc3c2C2(CCCCC2)N1. The fourth-order valence-corrected chi connectivity index (χ4v) is 5.97. The molecule has 3 aromatic rings. The molecule has 34 heavy (non-hydrogen) atoms. The van der Waals surface area contributed by atoms with Crippen LogP contribution < -0.4 is 20.7 Å². The third-order valence-electron chi connectivity index (χ3n) is 7.29. The molecule has 1 fully saturated rings. The molecule has 0 atom stereocenters. The molecule has 1 spiro atoms. The van der Waals surface area contributed by atoms with E-state index in [4.69, 9.17) is 20.8 Å². The number of amides is 1. The zero-order valence-electron chi connectivity index (χ0n) is 19.1. The molecule has 1 aromatic heterocycles.